The molecular formula is C14H14N2O6. The van der Waals surface area contributed by atoms with Crippen LogP contribution in [0.4, 0.5) is 0 Å². The minimum atomic E-state index is -0.650. The molecule has 8 heteroatoms. The molecule has 0 aliphatic heterocycles. The van der Waals surface area contributed by atoms with Crippen LogP contribution in [0.5, 0.6) is 0 Å². The number of ether oxygens (including phenoxy) is 2. The Morgan fingerprint density at radius 3 is 1.68 bits per heavy atom. The SMILES string of the molecule is O=C=NCCOC(=O)C1=C(C(=O)OCCN=C=O)CC=CC1. The molecule has 8 nitrogen and oxygen atoms in total. The molecule has 0 atom stereocenters. The van der Waals surface area contributed by atoms with E-state index in [1.807, 2.05) is 0 Å². The van der Waals surface area contributed by atoms with Gasteiger partial charge in [-0.3, -0.25) is 0 Å². The molecule has 116 valence electrons. The fourth-order valence-corrected chi connectivity index (χ4v) is 1.70. The van der Waals surface area contributed by atoms with Crippen LogP contribution < -0.4 is 0 Å². The number of rotatable bonds is 8. The van der Waals surface area contributed by atoms with Gasteiger partial charge < -0.3 is 9.47 Å². The molecule has 0 N–H and O–H groups in total. The second kappa shape index (κ2) is 9.99. The first kappa shape index (κ1) is 17.2. The lowest BCUT2D eigenvalue weighted by atomic mass is 9.97. The fraction of sp³-hybridized carbons (Fsp3) is 0.429. The van der Waals surface area contributed by atoms with E-state index >= 15 is 0 Å². The maximum absolute atomic E-state index is 11.9. The second-order valence-corrected chi connectivity index (χ2v) is 4.05. The van der Waals surface area contributed by atoms with Crippen molar-refractivity contribution in [3.63, 3.8) is 0 Å². The molecule has 0 radical (unpaired) electrons. The van der Waals surface area contributed by atoms with Crippen LogP contribution in [0.25, 0.3) is 0 Å². The lowest BCUT2D eigenvalue weighted by molar-refractivity contribution is -0.142. The lowest BCUT2D eigenvalue weighted by Crippen LogP contribution is -2.19. The van der Waals surface area contributed by atoms with Crippen LogP contribution in [0.3, 0.4) is 0 Å². The van der Waals surface area contributed by atoms with Crippen molar-refractivity contribution in [1.29, 1.82) is 0 Å². The molecule has 1 aliphatic rings. The largest absolute Gasteiger partial charge is 0.460 e. The van der Waals surface area contributed by atoms with Gasteiger partial charge in [0.25, 0.3) is 0 Å². The first-order valence-electron chi connectivity index (χ1n) is 6.49. The molecule has 0 saturated heterocycles. The molecule has 1 aliphatic carbocycles. The van der Waals surface area contributed by atoms with E-state index in [-0.39, 0.29) is 50.3 Å². The van der Waals surface area contributed by atoms with Gasteiger partial charge in [0, 0.05) is 0 Å². The highest BCUT2D eigenvalue weighted by Crippen LogP contribution is 2.22. The summed E-state index contributed by atoms with van der Waals surface area (Å²) in [5.41, 5.74) is 0.419. The van der Waals surface area contributed by atoms with Crippen molar-refractivity contribution in [2.24, 2.45) is 9.98 Å². The van der Waals surface area contributed by atoms with E-state index in [1.165, 1.54) is 12.2 Å². The highest BCUT2D eigenvalue weighted by molar-refractivity contribution is 6.01. The maximum Gasteiger partial charge on any atom is 0.334 e. The van der Waals surface area contributed by atoms with Crippen molar-refractivity contribution >= 4 is 24.1 Å². The van der Waals surface area contributed by atoms with Gasteiger partial charge in [0.1, 0.15) is 13.2 Å². The predicted octanol–water partition coefficient (Wildman–Crippen LogP) is 0.391. The zero-order valence-electron chi connectivity index (χ0n) is 11.7. The molecule has 0 saturated carbocycles. The fourth-order valence-electron chi connectivity index (χ4n) is 1.70. The van der Waals surface area contributed by atoms with Crippen molar-refractivity contribution in [3.05, 3.63) is 23.3 Å². The highest BCUT2D eigenvalue weighted by atomic mass is 16.5. The Kier molecular flexibility index (Phi) is 7.82. The van der Waals surface area contributed by atoms with Crippen molar-refractivity contribution in [3.8, 4) is 0 Å². The zero-order chi connectivity index (χ0) is 16.2. The number of hydrogen-bond donors (Lipinski definition) is 0. The van der Waals surface area contributed by atoms with Gasteiger partial charge in [-0.15, -0.1) is 0 Å². The first-order chi connectivity index (χ1) is 10.7. The van der Waals surface area contributed by atoms with Crippen LogP contribution in [0.2, 0.25) is 0 Å². The topological polar surface area (TPSA) is 111 Å². The Balaban J connectivity index is 2.66. The summed E-state index contributed by atoms with van der Waals surface area (Å²) in [4.78, 5) is 50.1. The molecule has 1 rings (SSSR count). The molecule has 0 aromatic carbocycles. The highest BCUT2D eigenvalue weighted by Gasteiger charge is 2.23. The molecule has 0 aromatic heterocycles. The van der Waals surface area contributed by atoms with E-state index in [4.69, 9.17) is 9.47 Å². The van der Waals surface area contributed by atoms with E-state index in [0.29, 0.717) is 0 Å². The van der Waals surface area contributed by atoms with E-state index in [9.17, 15) is 19.2 Å². The molecule has 0 heterocycles. The number of carbonyl (C=O) groups excluding carboxylic acids is 4. The van der Waals surface area contributed by atoms with E-state index < -0.39 is 11.9 Å². The second-order valence-electron chi connectivity index (χ2n) is 4.05. The average molecular weight is 306 g/mol. The monoisotopic (exact) mass is 306 g/mol. The lowest BCUT2D eigenvalue weighted by Gasteiger charge is -2.14. The molecule has 0 spiro atoms. The summed E-state index contributed by atoms with van der Waals surface area (Å²) in [5.74, 6) is -1.30. The molecular weight excluding hydrogens is 292 g/mol. The number of esters is 2. The Bertz CT molecular complexity index is 530. The Hall–Kier alpha value is -2.82. The third kappa shape index (κ3) is 5.66. The summed E-state index contributed by atoms with van der Waals surface area (Å²) in [6.07, 6.45) is 6.66. The minimum absolute atomic E-state index is 0.0157. The van der Waals surface area contributed by atoms with Crippen LogP contribution in [-0.2, 0) is 28.7 Å². The number of carbonyl (C=O) groups is 2. The Labute approximate surface area is 126 Å². The van der Waals surface area contributed by atoms with Crippen molar-refractivity contribution < 1.29 is 28.7 Å². The van der Waals surface area contributed by atoms with Crippen LogP contribution >= 0.6 is 0 Å². The molecule has 0 unspecified atom stereocenters. The van der Waals surface area contributed by atoms with Gasteiger partial charge in [-0.1, -0.05) is 12.2 Å². The predicted molar refractivity (Wildman–Crippen MR) is 73.3 cm³/mol. The van der Waals surface area contributed by atoms with Crippen molar-refractivity contribution in [2.75, 3.05) is 26.3 Å². The Morgan fingerprint density at radius 1 is 0.909 bits per heavy atom. The number of isocyanates is 2. The van der Waals surface area contributed by atoms with Crippen LogP contribution in [0.1, 0.15) is 12.8 Å². The third-order valence-corrected chi connectivity index (χ3v) is 2.67. The molecule has 0 bridgehead atoms. The molecule has 22 heavy (non-hydrogen) atoms. The van der Waals surface area contributed by atoms with Gasteiger partial charge in [0.15, 0.2) is 0 Å². The van der Waals surface area contributed by atoms with E-state index in [2.05, 4.69) is 9.98 Å². The van der Waals surface area contributed by atoms with Gasteiger partial charge in [0.05, 0.1) is 24.2 Å². The van der Waals surface area contributed by atoms with Gasteiger partial charge in [-0.05, 0) is 12.8 Å². The number of allylic oxidation sites excluding steroid dienone is 2. The minimum Gasteiger partial charge on any atom is -0.460 e. The zero-order valence-corrected chi connectivity index (χ0v) is 11.7. The van der Waals surface area contributed by atoms with Gasteiger partial charge >= 0.3 is 11.9 Å². The summed E-state index contributed by atoms with van der Waals surface area (Å²) in [6, 6.07) is 0. The van der Waals surface area contributed by atoms with Gasteiger partial charge in [0.2, 0.25) is 12.2 Å². The normalized spacial score (nSPS) is 12.9. The van der Waals surface area contributed by atoms with E-state index in [0.717, 1.165) is 0 Å². The summed E-state index contributed by atoms with van der Waals surface area (Å²) < 4.78 is 9.85. The van der Waals surface area contributed by atoms with E-state index in [1.54, 1.807) is 12.2 Å². The third-order valence-electron chi connectivity index (χ3n) is 2.67. The summed E-state index contributed by atoms with van der Waals surface area (Å²) in [7, 11) is 0. The number of hydrogen-bond acceptors (Lipinski definition) is 8. The number of aliphatic imine (C=N–C) groups is 2. The summed E-state index contributed by atoms with van der Waals surface area (Å²) >= 11 is 0. The summed E-state index contributed by atoms with van der Waals surface area (Å²) in [5, 5.41) is 0. The molecule has 0 aromatic rings. The van der Waals surface area contributed by atoms with Crippen molar-refractivity contribution in [2.45, 2.75) is 12.8 Å². The van der Waals surface area contributed by atoms with Crippen molar-refractivity contribution in [1.82, 2.24) is 0 Å². The smallest absolute Gasteiger partial charge is 0.334 e. The van der Waals surface area contributed by atoms with Gasteiger partial charge in [-0.2, -0.15) is 0 Å². The molecule has 0 amide bonds. The molecule has 0 fully saturated rings. The number of nitrogens with zero attached hydrogens (tertiary/aromatic N) is 2. The van der Waals surface area contributed by atoms with Crippen LogP contribution in [0, 0.1) is 0 Å². The first-order valence-corrected chi connectivity index (χ1v) is 6.49. The maximum atomic E-state index is 11.9. The van der Waals surface area contributed by atoms with Crippen LogP contribution in [0.15, 0.2) is 33.3 Å². The van der Waals surface area contributed by atoms with Crippen LogP contribution in [-0.4, -0.2) is 50.4 Å². The van der Waals surface area contributed by atoms with Gasteiger partial charge in [-0.25, -0.2) is 29.2 Å². The quantitative estimate of drug-likeness (QED) is 0.211. The Morgan fingerprint density at radius 2 is 1.32 bits per heavy atom. The summed E-state index contributed by atoms with van der Waals surface area (Å²) in [6.45, 7) is -0.112. The average Bonchev–Trinajstić information content (AvgIpc) is 2.55. The standard InChI is InChI=1S/C14H14N2O6/c17-9-15-5-7-21-13(19)11-3-1-2-4-12(11)14(20)22-8-6-16-10-18/h1-2H,3-8H2.